The van der Waals surface area contributed by atoms with Crippen molar-refractivity contribution in [2.45, 2.75) is 44.3 Å². The molecule has 1 fully saturated rings. The van der Waals surface area contributed by atoms with E-state index in [0.29, 0.717) is 5.76 Å². The standard InChI is InChI=1S/C16H20O3/c17-15(11-6-2-1-3-7-11)16(18)14-10-12-8-4-5-9-13(12)19-14/h4-5,8-11,15-18H,1-3,6-7H2. The van der Waals surface area contributed by atoms with Crippen LogP contribution in [-0.4, -0.2) is 16.3 Å². The maximum absolute atomic E-state index is 10.3. The van der Waals surface area contributed by atoms with Gasteiger partial charge in [0.25, 0.3) is 0 Å². The Kier molecular flexibility index (Phi) is 3.58. The molecule has 2 unspecified atom stereocenters. The molecule has 1 saturated carbocycles. The summed E-state index contributed by atoms with van der Waals surface area (Å²) in [5.74, 6) is 0.663. The van der Waals surface area contributed by atoms with Gasteiger partial charge in [-0.25, -0.2) is 0 Å². The SMILES string of the molecule is OC(c1cc2ccccc2o1)C(O)C1CCCCC1. The maximum Gasteiger partial charge on any atom is 0.138 e. The quantitative estimate of drug-likeness (QED) is 0.889. The first-order valence-electron chi connectivity index (χ1n) is 7.10. The minimum absolute atomic E-state index is 0.192. The zero-order valence-corrected chi connectivity index (χ0v) is 11.0. The van der Waals surface area contributed by atoms with Crippen LogP contribution in [0.15, 0.2) is 34.7 Å². The lowest BCUT2D eigenvalue weighted by molar-refractivity contribution is -0.0375. The molecule has 0 amide bonds. The first kappa shape index (κ1) is 12.7. The van der Waals surface area contributed by atoms with Gasteiger partial charge in [0.15, 0.2) is 0 Å². The van der Waals surface area contributed by atoms with E-state index in [4.69, 9.17) is 4.42 Å². The van der Waals surface area contributed by atoms with E-state index in [0.717, 1.165) is 36.7 Å². The summed E-state index contributed by atoms with van der Waals surface area (Å²) in [6.07, 6.45) is 3.89. The number of hydrogen-bond acceptors (Lipinski definition) is 3. The Morgan fingerprint density at radius 3 is 2.53 bits per heavy atom. The van der Waals surface area contributed by atoms with E-state index >= 15 is 0 Å². The monoisotopic (exact) mass is 260 g/mol. The Labute approximate surface area is 112 Å². The maximum atomic E-state index is 10.3. The normalized spacial score (nSPS) is 20.5. The summed E-state index contributed by atoms with van der Waals surface area (Å²) in [7, 11) is 0. The minimum Gasteiger partial charge on any atom is -0.458 e. The lowest BCUT2D eigenvalue weighted by Crippen LogP contribution is -2.29. The van der Waals surface area contributed by atoms with Crippen LogP contribution >= 0.6 is 0 Å². The van der Waals surface area contributed by atoms with Gasteiger partial charge in [-0.1, -0.05) is 37.5 Å². The van der Waals surface area contributed by atoms with Gasteiger partial charge in [0.2, 0.25) is 0 Å². The van der Waals surface area contributed by atoms with Gasteiger partial charge < -0.3 is 14.6 Å². The molecule has 3 heteroatoms. The fraction of sp³-hybridized carbons (Fsp3) is 0.500. The van der Waals surface area contributed by atoms with Crippen molar-refractivity contribution in [2.24, 2.45) is 5.92 Å². The summed E-state index contributed by atoms with van der Waals surface area (Å²) in [6, 6.07) is 9.48. The van der Waals surface area contributed by atoms with Crippen LogP contribution in [0.3, 0.4) is 0 Å². The van der Waals surface area contributed by atoms with Crippen molar-refractivity contribution in [3.05, 3.63) is 36.1 Å². The van der Waals surface area contributed by atoms with Gasteiger partial charge in [0.05, 0.1) is 6.10 Å². The number of fused-ring (bicyclic) bond motifs is 1. The predicted octanol–water partition coefficient (Wildman–Crippen LogP) is 3.41. The summed E-state index contributed by atoms with van der Waals surface area (Å²) < 4.78 is 5.63. The second-order valence-electron chi connectivity index (χ2n) is 5.52. The lowest BCUT2D eigenvalue weighted by atomic mass is 9.83. The third-order valence-electron chi connectivity index (χ3n) is 4.19. The molecule has 2 N–H and O–H groups in total. The van der Waals surface area contributed by atoms with Gasteiger partial charge in [-0.15, -0.1) is 0 Å². The Morgan fingerprint density at radius 2 is 1.79 bits per heavy atom. The number of rotatable bonds is 3. The van der Waals surface area contributed by atoms with Crippen molar-refractivity contribution >= 4 is 11.0 Å². The first-order chi connectivity index (χ1) is 9.25. The number of aliphatic hydroxyl groups is 2. The molecule has 19 heavy (non-hydrogen) atoms. The summed E-state index contributed by atoms with van der Waals surface area (Å²) in [4.78, 5) is 0. The van der Waals surface area contributed by atoms with Crippen molar-refractivity contribution in [1.29, 1.82) is 0 Å². The van der Waals surface area contributed by atoms with Crippen molar-refractivity contribution in [3.63, 3.8) is 0 Å². The molecule has 2 aromatic rings. The minimum atomic E-state index is -0.921. The Bertz CT molecular complexity index is 507. The van der Waals surface area contributed by atoms with Gasteiger partial charge in [-0.05, 0) is 30.9 Å². The van der Waals surface area contributed by atoms with E-state index in [1.807, 2.05) is 30.3 Å². The van der Waals surface area contributed by atoms with E-state index in [1.165, 1.54) is 6.42 Å². The Balaban J connectivity index is 1.79. The molecule has 3 rings (SSSR count). The second kappa shape index (κ2) is 5.35. The van der Waals surface area contributed by atoms with Crippen molar-refractivity contribution < 1.29 is 14.6 Å². The summed E-state index contributed by atoms with van der Waals surface area (Å²) >= 11 is 0. The third-order valence-corrected chi connectivity index (χ3v) is 4.19. The molecule has 0 saturated heterocycles. The predicted molar refractivity (Wildman–Crippen MR) is 73.8 cm³/mol. The molecule has 1 aliphatic rings. The molecule has 1 aliphatic carbocycles. The summed E-state index contributed by atoms with van der Waals surface area (Å²) in [5, 5.41) is 21.6. The summed E-state index contributed by atoms with van der Waals surface area (Å²) in [6.45, 7) is 0. The van der Waals surface area contributed by atoms with Crippen LogP contribution in [0.4, 0.5) is 0 Å². The first-order valence-corrected chi connectivity index (χ1v) is 7.10. The molecule has 1 aromatic carbocycles. The topological polar surface area (TPSA) is 53.6 Å². The van der Waals surface area contributed by atoms with E-state index in [1.54, 1.807) is 0 Å². The zero-order chi connectivity index (χ0) is 13.2. The third kappa shape index (κ3) is 2.53. The van der Waals surface area contributed by atoms with E-state index in [9.17, 15) is 10.2 Å². The average Bonchev–Trinajstić information content (AvgIpc) is 2.90. The summed E-state index contributed by atoms with van der Waals surface area (Å²) in [5.41, 5.74) is 0.757. The van der Waals surface area contributed by atoms with Gasteiger partial charge in [0, 0.05) is 5.39 Å². The zero-order valence-electron chi connectivity index (χ0n) is 11.0. The number of furan rings is 1. The molecule has 102 valence electrons. The van der Waals surface area contributed by atoms with Crippen molar-refractivity contribution in [1.82, 2.24) is 0 Å². The molecule has 0 spiro atoms. The van der Waals surface area contributed by atoms with Crippen LogP contribution < -0.4 is 0 Å². The van der Waals surface area contributed by atoms with Gasteiger partial charge in [-0.3, -0.25) is 0 Å². The van der Waals surface area contributed by atoms with Crippen LogP contribution in [0.1, 0.15) is 44.0 Å². The molecule has 2 atom stereocenters. The fourth-order valence-electron chi connectivity index (χ4n) is 3.05. The van der Waals surface area contributed by atoms with Crippen molar-refractivity contribution in [2.75, 3.05) is 0 Å². The van der Waals surface area contributed by atoms with Gasteiger partial charge in [0.1, 0.15) is 17.4 Å². The molecule has 1 heterocycles. The highest BCUT2D eigenvalue weighted by atomic mass is 16.4. The van der Waals surface area contributed by atoms with Crippen LogP contribution in [0.2, 0.25) is 0 Å². The largest absolute Gasteiger partial charge is 0.458 e. The van der Waals surface area contributed by atoms with Crippen LogP contribution in [-0.2, 0) is 0 Å². The highest BCUT2D eigenvalue weighted by molar-refractivity contribution is 5.77. The fourth-order valence-corrected chi connectivity index (χ4v) is 3.05. The van der Waals surface area contributed by atoms with Gasteiger partial charge in [-0.2, -0.15) is 0 Å². The average molecular weight is 260 g/mol. The number of hydrogen-bond donors (Lipinski definition) is 2. The number of benzene rings is 1. The van der Waals surface area contributed by atoms with Crippen LogP contribution in [0.5, 0.6) is 0 Å². The highest BCUT2D eigenvalue weighted by Gasteiger charge is 2.30. The molecule has 0 bridgehead atoms. The molecule has 1 aromatic heterocycles. The number of para-hydroxylation sites is 1. The molecular formula is C16H20O3. The smallest absolute Gasteiger partial charge is 0.138 e. The molecule has 0 radical (unpaired) electrons. The lowest BCUT2D eigenvalue weighted by Gasteiger charge is -2.28. The van der Waals surface area contributed by atoms with Gasteiger partial charge >= 0.3 is 0 Å². The number of aliphatic hydroxyl groups excluding tert-OH is 2. The Morgan fingerprint density at radius 1 is 1.05 bits per heavy atom. The molecule has 3 nitrogen and oxygen atoms in total. The Hall–Kier alpha value is -1.32. The highest BCUT2D eigenvalue weighted by Crippen LogP contribution is 2.34. The van der Waals surface area contributed by atoms with Crippen LogP contribution in [0, 0.1) is 5.92 Å². The van der Waals surface area contributed by atoms with E-state index in [2.05, 4.69) is 0 Å². The van der Waals surface area contributed by atoms with E-state index in [-0.39, 0.29) is 5.92 Å². The molecular weight excluding hydrogens is 240 g/mol. The molecule has 0 aliphatic heterocycles. The second-order valence-corrected chi connectivity index (χ2v) is 5.52. The van der Waals surface area contributed by atoms with Crippen LogP contribution in [0.25, 0.3) is 11.0 Å². The van der Waals surface area contributed by atoms with E-state index < -0.39 is 12.2 Å². The van der Waals surface area contributed by atoms with Crippen molar-refractivity contribution in [3.8, 4) is 0 Å².